The van der Waals surface area contributed by atoms with Crippen molar-refractivity contribution in [1.82, 2.24) is 19.4 Å². The fraction of sp³-hybridized carbons (Fsp3) is 0.273. The van der Waals surface area contributed by atoms with Crippen molar-refractivity contribution in [3.63, 3.8) is 0 Å². The van der Waals surface area contributed by atoms with Gasteiger partial charge in [-0.2, -0.15) is 0 Å². The van der Waals surface area contributed by atoms with Crippen molar-refractivity contribution >= 4 is 38.1 Å². The number of rotatable bonds is 13. The van der Waals surface area contributed by atoms with Gasteiger partial charge in [-0.3, -0.25) is 4.72 Å². The first-order valence-electron chi connectivity index (χ1n) is 14.6. The van der Waals surface area contributed by atoms with Crippen LogP contribution in [-0.2, 0) is 16.6 Å². The molecule has 8 nitrogen and oxygen atoms in total. The van der Waals surface area contributed by atoms with Gasteiger partial charge in [-0.25, -0.2) is 22.8 Å². The lowest BCUT2D eigenvalue weighted by molar-refractivity contribution is 0.294. The summed E-state index contributed by atoms with van der Waals surface area (Å²) in [5, 5.41) is 4.41. The number of anilines is 3. The summed E-state index contributed by atoms with van der Waals surface area (Å²) in [6.07, 6.45) is 5.99. The number of sulfonamides is 1. The Balaban J connectivity index is 1.23. The van der Waals surface area contributed by atoms with Crippen LogP contribution in [0.2, 0.25) is 0 Å². The van der Waals surface area contributed by atoms with Crippen molar-refractivity contribution in [3.05, 3.63) is 96.7 Å². The van der Waals surface area contributed by atoms with Crippen molar-refractivity contribution in [1.29, 1.82) is 0 Å². The third kappa shape index (κ3) is 7.39. The molecule has 0 saturated heterocycles. The predicted octanol–water partition coefficient (Wildman–Crippen LogP) is 7.21. The molecule has 0 aliphatic carbocycles. The Morgan fingerprint density at radius 1 is 0.884 bits per heavy atom. The predicted molar refractivity (Wildman–Crippen MR) is 172 cm³/mol. The van der Waals surface area contributed by atoms with Gasteiger partial charge in [-0.05, 0) is 99.6 Å². The first-order valence-corrected chi connectivity index (χ1v) is 16.0. The lowest BCUT2D eigenvalue weighted by atomic mass is 10.1. The maximum atomic E-state index is 14.2. The number of halogens is 1. The van der Waals surface area contributed by atoms with Crippen LogP contribution in [0.15, 0.2) is 90.2 Å². The molecule has 0 amide bonds. The minimum Gasteiger partial charge on any atom is -0.347 e. The lowest BCUT2D eigenvalue weighted by Crippen LogP contribution is -2.24. The first-order chi connectivity index (χ1) is 20.8. The van der Waals surface area contributed by atoms with Gasteiger partial charge in [-0.1, -0.05) is 26.0 Å². The number of hydrogen-bond donors (Lipinski definition) is 2. The van der Waals surface area contributed by atoms with Crippen molar-refractivity contribution in [3.8, 4) is 11.3 Å². The van der Waals surface area contributed by atoms with E-state index >= 15 is 0 Å². The van der Waals surface area contributed by atoms with E-state index in [1.54, 1.807) is 37.3 Å². The summed E-state index contributed by atoms with van der Waals surface area (Å²) in [6.45, 7) is 10.4. The highest BCUT2D eigenvalue weighted by Crippen LogP contribution is 2.27. The molecule has 5 aromatic rings. The molecule has 0 fully saturated rings. The number of hydrogen-bond acceptors (Lipinski definition) is 6. The topological polar surface area (TPSA) is 92.2 Å². The second-order valence-electron chi connectivity index (χ2n) is 10.5. The Hall–Kier alpha value is -4.28. The van der Waals surface area contributed by atoms with E-state index in [9.17, 15) is 12.8 Å². The molecule has 0 aliphatic rings. The van der Waals surface area contributed by atoms with Crippen LogP contribution < -0.4 is 10.0 Å². The second-order valence-corrected chi connectivity index (χ2v) is 12.2. The van der Waals surface area contributed by atoms with Gasteiger partial charge in [0.15, 0.2) is 0 Å². The van der Waals surface area contributed by atoms with E-state index in [1.165, 1.54) is 30.4 Å². The van der Waals surface area contributed by atoms with Crippen LogP contribution in [0.25, 0.3) is 22.2 Å². The van der Waals surface area contributed by atoms with Gasteiger partial charge in [0.1, 0.15) is 22.9 Å². The van der Waals surface area contributed by atoms with Crippen LogP contribution in [-0.4, -0.2) is 47.5 Å². The Kier molecular flexibility index (Phi) is 9.37. The molecular formula is C33H37FN6O2S. The number of aromatic nitrogens is 3. The zero-order valence-corrected chi connectivity index (χ0v) is 25.5. The Morgan fingerprint density at radius 3 is 2.40 bits per heavy atom. The molecule has 224 valence electrons. The normalized spacial score (nSPS) is 11.7. The fourth-order valence-electron chi connectivity index (χ4n) is 5.10. The number of fused-ring (bicyclic) bond motifs is 1. The highest BCUT2D eigenvalue weighted by molar-refractivity contribution is 7.92. The molecular weight excluding hydrogens is 563 g/mol. The summed E-state index contributed by atoms with van der Waals surface area (Å²) >= 11 is 0. The summed E-state index contributed by atoms with van der Waals surface area (Å²) in [5.74, 6) is -0.186. The zero-order chi connectivity index (χ0) is 30.4. The number of benzene rings is 3. The quantitative estimate of drug-likeness (QED) is 0.139. The summed E-state index contributed by atoms with van der Waals surface area (Å²) < 4.78 is 44.4. The zero-order valence-electron chi connectivity index (χ0n) is 24.7. The van der Waals surface area contributed by atoms with E-state index in [0.717, 1.165) is 49.2 Å². The highest BCUT2D eigenvalue weighted by Gasteiger charge is 2.19. The molecule has 0 spiro atoms. The summed E-state index contributed by atoms with van der Waals surface area (Å²) in [4.78, 5) is 10.9. The highest BCUT2D eigenvalue weighted by atomic mass is 32.2. The van der Waals surface area contributed by atoms with Crippen molar-refractivity contribution in [2.24, 2.45) is 0 Å². The molecule has 2 N–H and O–H groups in total. The van der Waals surface area contributed by atoms with Gasteiger partial charge in [0.05, 0.1) is 5.69 Å². The van der Waals surface area contributed by atoms with Gasteiger partial charge >= 0.3 is 0 Å². The van der Waals surface area contributed by atoms with Gasteiger partial charge in [0.25, 0.3) is 10.0 Å². The first kappa shape index (κ1) is 30.2. The van der Waals surface area contributed by atoms with Crippen LogP contribution in [0.5, 0.6) is 0 Å². The molecule has 5 rings (SSSR count). The lowest BCUT2D eigenvalue weighted by Gasteiger charge is -2.17. The average molecular weight is 601 g/mol. The summed E-state index contributed by atoms with van der Waals surface area (Å²) in [6, 6.07) is 21.1. The minimum absolute atomic E-state index is 0.318. The van der Waals surface area contributed by atoms with E-state index in [-0.39, 0.29) is 0 Å². The monoisotopic (exact) mass is 600 g/mol. The molecule has 0 unspecified atom stereocenters. The smallest absolute Gasteiger partial charge is 0.264 e. The van der Waals surface area contributed by atoms with Crippen LogP contribution >= 0.6 is 0 Å². The molecule has 10 heteroatoms. The van der Waals surface area contributed by atoms with E-state index in [2.05, 4.69) is 73.8 Å². The average Bonchev–Trinajstić information content (AvgIpc) is 3.40. The van der Waals surface area contributed by atoms with Gasteiger partial charge in [0.2, 0.25) is 0 Å². The van der Waals surface area contributed by atoms with Crippen molar-refractivity contribution in [2.45, 2.75) is 45.1 Å². The largest absolute Gasteiger partial charge is 0.347 e. The third-order valence-corrected chi connectivity index (χ3v) is 8.95. The van der Waals surface area contributed by atoms with Crippen LogP contribution in [0.3, 0.4) is 0 Å². The van der Waals surface area contributed by atoms with Gasteiger partial charge in [-0.15, -0.1) is 0 Å². The van der Waals surface area contributed by atoms with E-state index < -0.39 is 20.7 Å². The van der Waals surface area contributed by atoms with Crippen LogP contribution in [0, 0.1) is 12.7 Å². The number of nitrogens with zero attached hydrogens (tertiary/aromatic N) is 4. The molecule has 0 radical (unpaired) electrons. The Bertz CT molecular complexity index is 1800. The Labute approximate surface area is 252 Å². The molecule has 3 aromatic carbocycles. The van der Waals surface area contributed by atoms with E-state index in [0.29, 0.717) is 22.8 Å². The Morgan fingerprint density at radius 2 is 1.65 bits per heavy atom. The molecule has 43 heavy (non-hydrogen) atoms. The minimum atomic E-state index is -4.06. The third-order valence-electron chi connectivity index (χ3n) is 7.54. The molecule has 0 aliphatic heterocycles. The van der Waals surface area contributed by atoms with Crippen molar-refractivity contribution < 1.29 is 12.8 Å². The van der Waals surface area contributed by atoms with Crippen LogP contribution in [0.4, 0.5) is 21.6 Å². The molecule has 0 saturated carbocycles. The maximum Gasteiger partial charge on any atom is 0.264 e. The molecule has 0 bridgehead atoms. The number of aryl methyl sites for hydroxylation is 2. The van der Waals surface area contributed by atoms with Gasteiger partial charge in [0, 0.05) is 46.6 Å². The van der Waals surface area contributed by atoms with E-state index in [4.69, 9.17) is 0 Å². The van der Waals surface area contributed by atoms with Crippen molar-refractivity contribution in [2.75, 3.05) is 29.7 Å². The second kappa shape index (κ2) is 13.4. The summed E-state index contributed by atoms with van der Waals surface area (Å²) in [7, 11) is -4.06. The number of nitrogens with one attached hydrogen (secondary N) is 2. The SMILES string of the molecule is CCN(CC)CCCCn1ccc2cc(-c3cc(Nc4ccc(NS(=O)(=O)c5ccc(C)cc5F)cc4)ncn3)ccc21. The van der Waals surface area contributed by atoms with Crippen LogP contribution in [0.1, 0.15) is 32.3 Å². The fourth-order valence-corrected chi connectivity index (χ4v) is 6.22. The summed E-state index contributed by atoms with van der Waals surface area (Å²) in [5.41, 5.74) is 4.66. The standard InChI is InChI=1S/C33H37FN6O2S/c1-4-39(5-2)17-6-7-18-40-19-16-26-21-25(9-14-31(26)40)30-22-33(36-23-35-30)37-27-10-12-28(13-11-27)38-43(41,42)32-15-8-24(3)20-29(32)34/h8-16,19-23,38H,4-7,17-18H2,1-3H3,(H,35,36,37). The molecule has 2 aromatic heterocycles. The van der Waals surface area contributed by atoms with Gasteiger partial charge < -0.3 is 14.8 Å². The maximum absolute atomic E-state index is 14.2. The molecule has 2 heterocycles. The number of unbranched alkanes of at least 4 members (excludes halogenated alkanes) is 1. The molecule has 0 atom stereocenters. The van der Waals surface area contributed by atoms with E-state index in [1.807, 2.05) is 6.07 Å².